The lowest BCUT2D eigenvalue weighted by atomic mass is 9.46. The highest BCUT2D eigenvalue weighted by Crippen LogP contribution is 2.67. The highest BCUT2D eigenvalue weighted by atomic mass is 16.1. The minimum Gasteiger partial charge on any atom is -0.295 e. The molecule has 0 bridgehead atoms. The lowest BCUT2D eigenvalue weighted by Crippen LogP contribution is -2.50. The number of rotatable bonds is 4. The summed E-state index contributed by atoms with van der Waals surface area (Å²) in [7, 11) is 0. The van der Waals surface area contributed by atoms with Crippen molar-refractivity contribution in [3.63, 3.8) is 0 Å². The van der Waals surface area contributed by atoms with E-state index in [1.54, 1.807) is 0 Å². The van der Waals surface area contributed by atoms with Crippen molar-refractivity contribution < 1.29 is 4.79 Å². The van der Waals surface area contributed by atoms with Gasteiger partial charge in [-0.15, -0.1) is 0 Å². The predicted molar refractivity (Wildman–Crippen MR) is 123 cm³/mol. The molecule has 0 heterocycles. The van der Waals surface area contributed by atoms with Gasteiger partial charge in [-0.2, -0.15) is 0 Å². The number of hydrogen-bond acceptors (Lipinski definition) is 1. The van der Waals surface area contributed by atoms with Crippen LogP contribution in [0, 0.1) is 52.3 Å². The standard InChI is InChI=1S/C28H44O/c1-18(2)19(3)7-8-20(4)24-11-12-25-23-10-9-21-17-22(29)13-15-27(21,5)26(23)14-16-28(24,25)6/h7-8,17-20,23-26H,9-16H2,1-6H3/b8-7+/t19-,20+,23-,24-,25+,26-,27+,28+/m0/s1. The summed E-state index contributed by atoms with van der Waals surface area (Å²) in [4.78, 5) is 12.0. The molecule has 0 unspecified atom stereocenters. The van der Waals surface area contributed by atoms with Crippen LogP contribution in [-0.2, 0) is 4.79 Å². The Balaban J connectivity index is 1.53. The molecule has 0 aromatic rings. The summed E-state index contributed by atoms with van der Waals surface area (Å²) in [5, 5.41) is 0. The van der Waals surface area contributed by atoms with Crippen LogP contribution in [0.25, 0.3) is 0 Å². The summed E-state index contributed by atoms with van der Waals surface area (Å²) >= 11 is 0. The SMILES string of the molecule is CC(C)[C@@H](C)/C=C/[C@@H](C)[C@@H]1CC[C@@H]2[C@@H]3CCC4=CC(=O)CC[C@@]4(C)[C@H]3CC[C@@]21C. The molecule has 4 aliphatic rings. The first-order chi connectivity index (χ1) is 13.7. The molecule has 0 aliphatic heterocycles. The minimum absolute atomic E-state index is 0.314. The third kappa shape index (κ3) is 3.49. The Morgan fingerprint density at radius 3 is 2.41 bits per heavy atom. The van der Waals surface area contributed by atoms with Gasteiger partial charge in [0.2, 0.25) is 0 Å². The molecule has 1 heteroatoms. The topological polar surface area (TPSA) is 17.1 Å². The van der Waals surface area contributed by atoms with E-state index in [0.717, 1.165) is 42.4 Å². The van der Waals surface area contributed by atoms with Gasteiger partial charge in [0, 0.05) is 6.42 Å². The van der Waals surface area contributed by atoms with Crippen molar-refractivity contribution in [1.82, 2.24) is 0 Å². The van der Waals surface area contributed by atoms with E-state index in [1.165, 1.54) is 44.1 Å². The molecule has 1 nitrogen and oxygen atoms in total. The Bertz CT molecular complexity index is 699. The van der Waals surface area contributed by atoms with Crippen LogP contribution in [-0.4, -0.2) is 5.78 Å². The van der Waals surface area contributed by atoms with Gasteiger partial charge in [0.15, 0.2) is 5.78 Å². The van der Waals surface area contributed by atoms with E-state index >= 15 is 0 Å². The second-order valence-electron chi connectivity index (χ2n) is 12.0. The molecule has 0 spiro atoms. The lowest BCUT2D eigenvalue weighted by Gasteiger charge is -2.58. The molecule has 4 aliphatic carbocycles. The number of fused-ring (bicyclic) bond motifs is 5. The second-order valence-corrected chi connectivity index (χ2v) is 12.0. The Labute approximate surface area is 179 Å². The van der Waals surface area contributed by atoms with Gasteiger partial charge < -0.3 is 0 Å². The number of allylic oxidation sites excluding steroid dienone is 3. The number of hydrogen-bond donors (Lipinski definition) is 0. The fraction of sp³-hybridized carbons (Fsp3) is 0.821. The normalized spacial score (nSPS) is 44.2. The quantitative estimate of drug-likeness (QED) is 0.447. The van der Waals surface area contributed by atoms with Crippen LogP contribution in [0.1, 0.15) is 92.9 Å². The van der Waals surface area contributed by atoms with Crippen molar-refractivity contribution in [1.29, 1.82) is 0 Å². The van der Waals surface area contributed by atoms with Crippen molar-refractivity contribution in [2.75, 3.05) is 0 Å². The van der Waals surface area contributed by atoms with Crippen LogP contribution in [0.3, 0.4) is 0 Å². The highest BCUT2D eigenvalue weighted by molar-refractivity contribution is 5.91. The van der Waals surface area contributed by atoms with Gasteiger partial charge in [-0.3, -0.25) is 4.79 Å². The van der Waals surface area contributed by atoms with E-state index in [9.17, 15) is 4.79 Å². The van der Waals surface area contributed by atoms with Gasteiger partial charge in [-0.1, -0.05) is 59.3 Å². The maximum absolute atomic E-state index is 12.0. The molecule has 4 rings (SSSR count). The van der Waals surface area contributed by atoms with E-state index in [0.29, 0.717) is 28.4 Å². The van der Waals surface area contributed by atoms with Crippen LogP contribution >= 0.6 is 0 Å². The van der Waals surface area contributed by atoms with Crippen molar-refractivity contribution in [2.24, 2.45) is 52.3 Å². The smallest absolute Gasteiger partial charge is 0.155 e. The monoisotopic (exact) mass is 396 g/mol. The average molecular weight is 397 g/mol. The second kappa shape index (κ2) is 7.69. The molecule has 0 amide bonds. The largest absolute Gasteiger partial charge is 0.295 e. The summed E-state index contributed by atoms with van der Waals surface area (Å²) in [5.74, 6) is 5.95. The first kappa shape index (κ1) is 21.4. The third-order valence-electron chi connectivity index (χ3n) is 10.4. The van der Waals surface area contributed by atoms with Crippen molar-refractivity contribution in [2.45, 2.75) is 92.9 Å². The lowest BCUT2D eigenvalue weighted by molar-refractivity contribution is -0.117. The maximum Gasteiger partial charge on any atom is 0.155 e. The molecule has 29 heavy (non-hydrogen) atoms. The average Bonchev–Trinajstić information content (AvgIpc) is 3.03. The van der Waals surface area contributed by atoms with Crippen LogP contribution in [0.5, 0.6) is 0 Å². The zero-order chi connectivity index (χ0) is 21.0. The molecule has 162 valence electrons. The van der Waals surface area contributed by atoms with Gasteiger partial charge in [0.05, 0.1) is 0 Å². The van der Waals surface area contributed by atoms with Gasteiger partial charge >= 0.3 is 0 Å². The first-order valence-electron chi connectivity index (χ1n) is 12.6. The molecular formula is C28H44O. The fourth-order valence-electron chi connectivity index (χ4n) is 8.17. The summed E-state index contributed by atoms with van der Waals surface area (Å²) in [6.07, 6.45) is 17.2. The molecular weight excluding hydrogens is 352 g/mol. The molecule has 3 saturated carbocycles. The van der Waals surface area contributed by atoms with E-state index in [1.807, 2.05) is 6.08 Å². The molecule has 8 atom stereocenters. The Morgan fingerprint density at radius 2 is 1.69 bits per heavy atom. The molecule has 0 N–H and O–H groups in total. The maximum atomic E-state index is 12.0. The Hall–Kier alpha value is -0.850. The molecule has 3 fully saturated rings. The van der Waals surface area contributed by atoms with Crippen LogP contribution in [0.2, 0.25) is 0 Å². The molecule has 0 aromatic heterocycles. The van der Waals surface area contributed by atoms with Crippen molar-refractivity contribution >= 4 is 5.78 Å². The predicted octanol–water partition coefficient (Wildman–Crippen LogP) is 7.62. The third-order valence-corrected chi connectivity index (χ3v) is 10.4. The zero-order valence-electron chi connectivity index (χ0n) is 19.8. The van der Waals surface area contributed by atoms with Crippen LogP contribution in [0.4, 0.5) is 0 Å². The summed E-state index contributed by atoms with van der Waals surface area (Å²) in [6, 6.07) is 0. The van der Waals surface area contributed by atoms with Gasteiger partial charge in [-0.25, -0.2) is 0 Å². The first-order valence-corrected chi connectivity index (χ1v) is 12.6. The van der Waals surface area contributed by atoms with E-state index in [2.05, 4.69) is 53.7 Å². The Kier molecular flexibility index (Phi) is 5.67. The number of carbonyl (C=O) groups is 1. The molecule has 0 saturated heterocycles. The van der Waals surface area contributed by atoms with Gasteiger partial charge in [0.1, 0.15) is 0 Å². The highest BCUT2D eigenvalue weighted by Gasteiger charge is 2.59. The van der Waals surface area contributed by atoms with E-state index < -0.39 is 0 Å². The van der Waals surface area contributed by atoms with Gasteiger partial charge in [0.25, 0.3) is 0 Å². The summed E-state index contributed by atoms with van der Waals surface area (Å²) < 4.78 is 0. The molecule has 0 radical (unpaired) electrons. The summed E-state index contributed by atoms with van der Waals surface area (Å²) in [5.41, 5.74) is 2.34. The zero-order valence-corrected chi connectivity index (χ0v) is 19.8. The molecule has 0 aromatic carbocycles. The van der Waals surface area contributed by atoms with Gasteiger partial charge in [-0.05, 0) is 103 Å². The van der Waals surface area contributed by atoms with E-state index in [-0.39, 0.29) is 0 Å². The fourth-order valence-corrected chi connectivity index (χ4v) is 8.17. The van der Waals surface area contributed by atoms with Crippen LogP contribution in [0.15, 0.2) is 23.8 Å². The number of carbonyl (C=O) groups excluding carboxylic acids is 1. The summed E-state index contributed by atoms with van der Waals surface area (Å²) in [6.45, 7) is 14.7. The minimum atomic E-state index is 0.314. The van der Waals surface area contributed by atoms with Crippen LogP contribution < -0.4 is 0 Å². The van der Waals surface area contributed by atoms with E-state index in [4.69, 9.17) is 0 Å². The van der Waals surface area contributed by atoms with Crippen molar-refractivity contribution in [3.8, 4) is 0 Å². The van der Waals surface area contributed by atoms with Crippen molar-refractivity contribution in [3.05, 3.63) is 23.8 Å². The Morgan fingerprint density at radius 1 is 0.931 bits per heavy atom. The number of ketones is 1.